The van der Waals surface area contributed by atoms with E-state index in [1.165, 1.54) is 6.33 Å². The molecule has 1 unspecified atom stereocenters. The zero-order valence-corrected chi connectivity index (χ0v) is 16.7. The van der Waals surface area contributed by atoms with E-state index in [0.717, 1.165) is 5.56 Å². The van der Waals surface area contributed by atoms with Crippen LogP contribution >= 0.6 is 11.6 Å². The van der Waals surface area contributed by atoms with E-state index in [0.29, 0.717) is 27.2 Å². The number of hydrogen-bond acceptors (Lipinski definition) is 5. The van der Waals surface area contributed by atoms with Crippen molar-refractivity contribution in [3.63, 3.8) is 0 Å². The predicted molar refractivity (Wildman–Crippen MR) is 120 cm³/mol. The average molecular weight is 417 g/mol. The van der Waals surface area contributed by atoms with Crippen molar-refractivity contribution in [2.45, 2.75) is 13.0 Å². The smallest absolute Gasteiger partial charge is 0.268 e. The van der Waals surface area contributed by atoms with E-state index in [1.807, 2.05) is 43.3 Å². The molecule has 0 radical (unpaired) electrons. The maximum absolute atomic E-state index is 13.5. The summed E-state index contributed by atoms with van der Waals surface area (Å²) in [5.41, 5.74) is 8.37. The van der Waals surface area contributed by atoms with Gasteiger partial charge in [-0.15, -0.1) is 0 Å². The number of aromatic nitrogens is 3. The third-order valence-electron chi connectivity index (χ3n) is 4.83. The van der Waals surface area contributed by atoms with Gasteiger partial charge in [-0.3, -0.25) is 4.79 Å². The van der Waals surface area contributed by atoms with E-state index >= 15 is 0 Å². The Hall–Kier alpha value is -3.89. The van der Waals surface area contributed by atoms with Gasteiger partial charge in [0.25, 0.3) is 5.69 Å². The molecule has 2 aromatic heterocycles. The number of nitrogens with zero attached hydrogens (tertiary/aromatic N) is 3. The van der Waals surface area contributed by atoms with E-state index in [-0.39, 0.29) is 22.8 Å². The van der Waals surface area contributed by atoms with Crippen molar-refractivity contribution in [1.29, 1.82) is 0 Å². The maximum Gasteiger partial charge on any atom is 0.268 e. The fourth-order valence-electron chi connectivity index (χ4n) is 3.44. The number of nitrogens with one attached hydrogen (secondary N) is 2. The molecule has 4 rings (SSSR count). The molecule has 2 heterocycles. The second-order valence-electron chi connectivity index (χ2n) is 6.71. The van der Waals surface area contributed by atoms with Crippen LogP contribution in [0.5, 0.6) is 0 Å². The Kier molecular flexibility index (Phi) is 5.09. The minimum Gasteiger partial charge on any atom is -0.392 e. The summed E-state index contributed by atoms with van der Waals surface area (Å²) in [7, 11) is 0. The molecule has 0 saturated heterocycles. The molecule has 0 fully saturated rings. The molecule has 0 aliphatic heterocycles. The van der Waals surface area contributed by atoms with Crippen molar-refractivity contribution in [3.8, 4) is 11.3 Å². The standard InChI is InChI=1S/C22H17ClN6O/c1-12(28-22-19(25-2)21(24)26-11-27-22)16-18(13-7-4-3-5-8-13)29-15-10-6-9-14(23)17(15)20(16)30/h3-12H,1H3,(H,29,30)(H3,24,26,27,28). The number of hydrogen-bond donors (Lipinski definition) is 3. The molecule has 0 spiro atoms. The molecule has 1 atom stereocenters. The number of benzene rings is 2. The summed E-state index contributed by atoms with van der Waals surface area (Å²) < 4.78 is 0. The number of nitrogens with two attached hydrogens (primary N) is 1. The Balaban J connectivity index is 1.94. The molecule has 30 heavy (non-hydrogen) atoms. The van der Waals surface area contributed by atoms with Crippen molar-refractivity contribution in [2.24, 2.45) is 0 Å². The highest BCUT2D eigenvalue weighted by Crippen LogP contribution is 2.33. The summed E-state index contributed by atoms with van der Waals surface area (Å²) in [5, 5.41) is 3.93. The highest BCUT2D eigenvalue weighted by Gasteiger charge is 2.22. The lowest BCUT2D eigenvalue weighted by atomic mass is 9.97. The first-order valence-electron chi connectivity index (χ1n) is 9.15. The van der Waals surface area contributed by atoms with E-state index in [2.05, 4.69) is 25.1 Å². The van der Waals surface area contributed by atoms with Crippen LogP contribution in [0.2, 0.25) is 5.02 Å². The fourth-order valence-corrected chi connectivity index (χ4v) is 3.70. The lowest BCUT2D eigenvalue weighted by molar-refractivity contribution is 0.864. The van der Waals surface area contributed by atoms with Crippen LogP contribution in [0.25, 0.3) is 27.0 Å². The summed E-state index contributed by atoms with van der Waals surface area (Å²) >= 11 is 6.35. The Morgan fingerprint density at radius 1 is 1.17 bits per heavy atom. The number of aromatic amines is 1. The molecule has 4 aromatic rings. The molecule has 4 N–H and O–H groups in total. The van der Waals surface area contributed by atoms with Gasteiger partial charge in [-0.1, -0.05) is 48.0 Å². The van der Waals surface area contributed by atoms with E-state index < -0.39 is 6.04 Å². The summed E-state index contributed by atoms with van der Waals surface area (Å²) in [4.78, 5) is 28.3. The normalized spacial score (nSPS) is 11.8. The zero-order chi connectivity index (χ0) is 21.3. The zero-order valence-electron chi connectivity index (χ0n) is 16.0. The number of fused-ring (bicyclic) bond motifs is 1. The molecule has 0 amide bonds. The van der Waals surface area contributed by atoms with Crippen LogP contribution < -0.4 is 16.5 Å². The van der Waals surface area contributed by atoms with Gasteiger partial charge in [-0.25, -0.2) is 14.8 Å². The molecule has 0 aliphatic carbocycles. The first-order valence-corrected chi connectivity index (χ1v) is 9.53. The molecule has 0 aliphatic rings. The molecular formula is C22H17ClN6O. The average Bonchev–Trinajstić information content (AvgIpc) is 2.74. The van der Waals surface area contributed by atoms with Gasteiger partial charge in [0.2, 0.25) is 0 Å². The SMILES string of the molecule is [C-]#[N+]c1c(N)ncnc1NC(C)c1c(-c2ccccc2)[nH]c2cccc(Cl)c2c1=O. The van der Waals surface area contributed by atoms with Crippen LogP contribution in [-0.2, 0) is 0 Å². The number of pyridine rings is 1. The number of nitrogen functional groups attached to an aromatic ring is 1. The van der Waals surface area contributed by atoms with Crippen molar-refractivity contribution in [2.75, 3.05) is 11.1 Å². The minimum absolute atomic E-state index is 0.0773. The predicted octanol–water partition coefficient (Wildman–Crippen LogP) is 4.94. The van der Waals surface area contributed by atoms with Gasteiger partial charge in [0.15, 0.2) is 5.43 Å². The van der Waals surface area contributed by atoms with Crippen molar-refractivity contribution >= 4 is 39.8 Å². The number of anilines is 2. The van der Waals surface area contributed by atoms with Gasteiger partial charge in [0, 0.05) is 5.56 Å². The molecule has 7 nitrogen and oxygen atoms in total. The van der Waals surface area contributed by atoms with Gasteiger partial charge < -0.3 is 16.0 Å². The Bertz CT molecular complexity index is 1340. The lowest BCUT2D eigenvalue weighted by Gasteiger charge is -2.20. The first-order chi connectivity index (χ1) is 14.5. The summed E-state index contributed by atoms with van der Waals surface area (Å²) in [6.07, 6.45) is 1.28. The molecular weight excluding hydrogens is 400 g/mol. The van der Waals surface area contributed by atoms with Gasteiger partial charge in [-0.2, -0.15) is 0 Å². The lowest BCUT2D eigenvalue weighted by Crippen LogP contribution is -2.21. The van der Waals surface area contributed by atoms with Crippen LogP contribution in [0.1, 0.15) is 18.5 Å². The van der Waals surface area contributed by atoms with Crippen LogP contribution in [0.15, 0.2) is 59.7 Å². The van der Waals surface area contributed by atoms with Crippen LogP contribution in [0.3, 0.4) is 0 Å². The third kappa shape index (κ3) is 3.34. The van der Waals surface area contributed by atoms with Gasteiger partial charge in [0.05, 0.1) is 34.2 Å². The highest BCUT2D eigenvalue weighted by molar-refractivity contribution is 6.35. The largest absolute Gasteiger partial charge is 0.392 e. The summed E-state index contributed by atoms with van der Waals surface area (Å²) in [5.74, 6) is 0.344. The summed E-state index contributed by atoms with van der Waals surface area (Å²) in [6.45, 7) is 9.19. The Morgan fingerprint density at radius 2 is 1.93 bits per heavy atom. The van der Waals surface area contributed by atoms with Gasteiger partial charge in [-0.05, 0) is 24.6 Å². The summed E-state index contributed by atoms with van der Waals surface area (Å²) in [6, 6.07) is 14.4. The van der Waals surface area contributed by atoms with Crippen molar-refractivity contribution in [3.05, 3.63) is 87.1 Å². The number of halogens is 1. The van der Waals surface area contributed by atoms with Crippen LogP contribution in [-0.4, -0.2) is 15.0 Å². The maximum atomic E-state index is 13.5. The topological polar surface area (TPSA) is 101 Å². The number of rotatable bonds is 4. The quantitative estimate of drug-likeness (QED) is 0.409. The van der Waals surface area contributed by atoms with Gasteiger partial charge >= 0.3 is 0 Å². The second-order valence-corrected chi connectivity index (χ2v) is 7.11. The van der Waals surface area contributed by atoms with Crippen LogP contribution in [0, 0.1) is 6.57 Å². The monoisotopic (exact) mass is 416 g/mol. The van der Waals surface area contributed by atoms with Crippen molar-refractivity contribution < 1.29 is 0 Å². The van der Waals surface area contributed by atoms with E-state index in [9.17, 15) is 4.79 Å². The Morgan fingerprint density at radius 3 is 2.67 bits per heavy atom. The molecule has 0 saturated carbocycles. The first kappa shape index (κ1) is 19.4. The Labute approximate surface area is 177 Å². The molecule has 148 valence electrons. The molecule has 8 heteroatoms. The van der Waals surface area contributed by atoms with Crippen molar-refractivity contribution in [1.82, 2.24) is 15.0 Å². The van der Waals surface area contributed by atoms with E-state index in [4.69, 9.17) is 23.9 Å². The fraction of sp³-hybridized carbons (Fsp3) is 0.0909. The number of H-pyrrole nitrogens is 1. The second kappa shape index (κ2) is 7.85. The third-order valence-corrected chi connectivity index (χ3v) is 5.14. The van der Waals surface area contributed by atoms with Crippen LogP contribution in [0.4, 0.5) is 17.3 Å². The molecule has 0 bridgehead atoms. The van der Waals surface area contributed by atoms with E-state index in [1.54, 1.807) is 12.1 Å². The van der Waals surface area contributed by atoms with Gasteiger partial charge in [0.1, 0.15) is 18.0 Å². The molecule has 2 aromatic carbocycles. The minimum atomic E-state index is -0.501. The highest BCUT2D eigenvalue weighted by atomic mass is 35.5.